The number of nitrogens with zero attached hydrogens (tertiary/aromatic N) is 2. The number of hydrogen-bond acceptors (Lipinski definition) is 6. The first-order valence-electron chi connectivity index (χ1n) is 5.68. The lowest BCUT2D eigenvalue weighted by Crippen LogP contribution is -2.27. The van der Waals surface area contributed by atoms with Gasteiger partial charge in [0.2, 0.25) is 0 Å². The normalized spacial score (nSPS) is 16.8. The first-order chi connectivity index (χ1) is 8.16. The predicted octanol–water partition coefficient (Wildman–Crippen LogP) is 0.451. The molecule has 17 heavy (non-hydrogen) atoms. The fourth-order valence-electron chi connectivity index (χ4n) is 1.92. The highest BCUT2D eigenvalue weighted by Crippen LogP contribution is 2.26. The van der Waals surface area contributed by atoms with Crippen LogP contribution >= 0.6 is 0 Å². The zero-order valence-electron chi connectivity index (χ0n) is 9.77. The van der Waals surface area contributed by atoms with Crippen molar-refractivity contribution in [2.24, 2.45) is 0 Å². The molecule has 92 valence electrons. The Hall–Kier alpha value is -1.69. The van der Waals surface area contributed by atoms with Gasteiger partial charge in [-0.15, -0.1) is 0 Å². The van der Waals surface area contributed by atoms with E-state index in [2.05, 4.69) is 15.3 Å². The fraction of sp³-hybridized carbons (Fsp3) is 0.545. The van der Waals surface area contributed by atoms with Gasteiger partial charge in [-0.1, -0.05) is 0 Å². The molecule has 1 aliphatic heterocycles. The lowest BCUT2D eigenvalue weighted by molar-refractivity contribution is -0.132. The summed E-state index contributed by atoms with van der Waals surface area (Å²) < 4.78 is 4.92. The second-order valence-electron chi connectivity index (χ2n) is 4.10. The van der Waals surface area contributed by atoms with Crippen LogP contribution in [0.25, 0.3) is 0 Å². The Bertz CT molecular complexity index is 416. The highest BCUT2D eigenvalue weighted by molar-refractivity contribution is 5.70. The van der Waals surface area contributed by atoms with E-state index < -0.39 is 5.97 Å². The van der Waals surface area contributed by atoms with Crippen molar-refractivity contribution >= 4 is 11.8 Å². The summed E-state index contributed by atoms with van der Waals surface area (Å²) >= 11 is 0. The van der Waals surface area contributed by atoms with E-state index in [1.54, 1.807) is 6.20 Å². The average Bonchev–Trinajstić information content (AvgIpc) is 2.32. The summed E-state index contributed by atoms with van der Waals surface area (Å²) in [6.45, 7) is 3.26. The van der Waals surface area contributed by atoms with Crippen LogP contribution in [-0.4, -0.2) is 29.0 Å². The Morgan fingerprint density at radius 1 is 1.53 bits per heavy atom. The Kier molecular flexibility index (Phi) is 3.53. The zero-order chi connectivity index (χ0) is 12.3. The number of nitrogens with one attached hydrogen (secondary N) is 1. The second-order valence-corrected chi connectivity index (χ2v) is 4.10. The third-order valence-corrected chi connectivity index (χ3v) is 2.78. The molecule has 0 spiro atoms. The van der Waals surface area contributed by atoms with Crippen LogP contribution < -0.4 is 15.8 Å². The van der Waals surface area contributed by atoms with Crippen LogP contribution in [0, 0.1) is 0 Å². The summed E-state index contributed by atoms with van der Waals surface area (Å²) in [5.41, 5.74) is 6.45. The quantitative estimate of drug-likeness (QED) is 0.725. The zero-order valence-corrected chi connectivity index (χ0v) is 9.77. The van der Waals surface area contributed by atoms with Gasteiger partial charge >= 0.3 is 5.97 Å². The third-order valence-electron chi connectivity index (χ3n) is 2.78. The van der Waals surface area contributed by atoms with E-state index in [9.17, 15) is 4.79 Å². The van der Waals surface area contributed by atoms with Crippen molar-refractivity contribution in [3.05, 3.63) is 11.9 Å². The Morgan fingerprint density at radius 2 is 2.24 bits per heavy atom. The number of esters is 1. The van der Waals surface area contributed by atoms with Crippen molar-refractivity contribution in [1.82, 2.24) is 15.3 Å². The second kappa shape index (κ2) is 5.09. The van der Waals surface area contributed by atoms with E-state index in [4.69, 9.17) is 10.5 Å². The fourth-order valence-corrected chi connectivity index (χ4v) is 1.92. The maximum absolute atomic E-state index is 10.9. The molecule has 0 bridgehead atoms. The van der Waals surface area contributed by atoms with Gasteiger partial charge in [0.1, 0.15) is 0 Å². The third kappa shape index (κ3) is 2.91. The molecule has 1 saturated heterocycles. The number of rotatable bonds is 2. The van der Waals surface area contributed by atoms with Gasteiger partial charge in [-0.3, -0.25) is 4.79 Å². The van der Waals surface area contributed by atoms with Crippen molar-refractivity contribution in [2.75, 3.05) is 18.8 Å². The molecule has 6 heteroatoms. The summed E-state index contributed by atoms with van der Waals surface area (Å²) in [5.74, 6) is 0.193. The van der Waals surface area contributed by atoms with Gasteiger partial charge < -0.3 is 15.8 Å². The van der Waals surface area contributed by atoms with Crippen molar-refractivity contribution in [3.63, 3.8) is 0 Å². The Morgan fingerprint density at radius 3 is 2.88 bits per heavy atom. The molecule has 6 nitrogen and oxygen atoms in total. The smallest absolute Gasteiger partial charge is 0.309 e. The molecular weight excluding hydrogens is 220 g/mol. The Balaban J connectivity index is 2.20. The van der Waals surface area contributed by atoms with E-state index in [-0.39, 0.29) is 11.7 Å². The molecule has 0 aliphatic carbocycles. The van der Waals surface area contributed by atoms with Gasteiger partial charge in [0.15, 0.2) is 5.82 Å². The van der Waals surface area contributed by atoms with Crippen LogP contribution in [-0.2, 0) is 4.79 Å². The van der Waals surface area contributed by atoms with Crippen LogP contribution in [0.15, 0.2) is 6.20 Å². The molecule has 0 radical (unpaired) electrons. The average molecular weight is 236 g/mol. The number of ether oxygens (including phenoxy) is 1. The van der Waals surface area contributed by atoms with Gasteiger partial charge in [0.25, 0.3) is 5.88 Å². The standard InChI is InChI=1S/C11H16N4O2/c1-7(16)17-11-10(12)14-6-9(15-11)8-2-4-13-5-3-8/h6,8,13H,2-5H2,1H3,(H2,12,14). The van der Waals surface area contributed by atoms with Crippen LogP contribution in [0.2, 0.25) is 0 Å². The maximum Gasteiger partial charge on any atom is 0.309 e. The molecule has 3 N–H and O–H groups in total. The summed E-state index contributed by atoms with van der Waals surface area (Å²) in [6, 6.07) is 0. The number of nitrogen functional groups attached to an aromatic ring is 1. The highest BCUT2D eigenvalue weighted by Gasteiger charge is 2.19. The van der Waals surface area contributed by atoms with Crippen LogP contribution in [0.1, 0.15) is 31.4 Å². The summed E-state index contributed by atoms with van der Waals surface area (Å²) in [6.07, 6.45) is 3.69. The number of aromatic nitrogens is 2. The molecule has 1 aliphatic rings. The van der Waals surface area contributed by atoms with E-state index in [1.807, 2.05) is 0 Å². The van der Waals surface area contributed by atoms with Crippen molar-refractivity contribution in [3.8, 4) is 5.88 Å². The monoisotopic (exact) mass is 236 g/mol. The minimum atomic E-state index is -0.437. The van der Waals surface area contributed by atoms with E-state index in [0.29, 0.717) is 5.92 Å². The van der Waals surface area contributed by atoms with Gasteiger partial charge in [0.05, 0.1) is 11.9 Å². The maximum atomic E-state index is 10.9. The van der Waals surface area contributed by atoms with Crippen molar-refractivity contribution < 1.29 is 9.53 Å². The topological polar surface area (TPSA) is 90.1 Å². The highest BCUT2D eigenvalue weighted by atomic mass is 16.5. The molecule has 0 atom stereocenters. The van der Waals surface area contributed by atoms with E-state index >= 15 is 0 Å². The number of hydrogen-bond donors (Lipinski definition) is 2. The van der Waals surface area contributed by atoms with Crippen molar-refractivity contribution in [1.29, 1.82) is 0 Å². The first kappa shape index (κ1) is 11.8. The molecular formula is C11H16N4O2. The lowest BCUT2D eigenvalue weighted by Gasteiger charge is -2.22. The predicted molar refractivity (Wildman–Crippen MR) is 62.6 cm³/mol. The van der Waals surface area contributed by atoms with Crippen LogP contribution in [0.5, 0.6) is 5.88 Å². The molecule has 2 rings (SSSR count). The minimum Gasteiger partial charge on any atom is -0.404 e. The molecule has 1 aromatic rings. The van der Waals surface area contributed by atoms with E-state index in [1.165, 1.54) is 6.92 Å². The first-order valence-corrected chi connectivity index (χ1v) is 5.68. The molecule has 0 unspecified atom stereocenters. The van der Waals surface area contributed by atoms with Gasteiger partial charge in [-0.05, 0) is 25.9 Å². The molecule has 0 saturated carbocycles. The summed E-state index contributed by atoms with van der Waals surface area (Å²) in [5, 5.41) is 3.28. The van der Waals surface area contributed by atoms with E-state index in [0.717, 1.165) is 31.6 Å². The molecule has 0 aromatic carbocycles. The number of carbonyl (C=O) groups is 1. The van der Waals surface area contributed by atoms with Crippen molar-refractivity contribution in [2.45, 2.75) is 25.7 Å². The summed E-state index contributed by atoms with van der Waals surface area (Å²) in [7, 11) is 0. The minimum absolute atomic E-state index is 0.119. The number of anilines is 1. The van der Waals surface area contributed by atoms with Crippen LogP contribution in [0.4, 0.5) is 5.82 Å². The number of piperidine rings is 1. The number of nitrogens with two attached hydrogens (primary N) is 1. The molecule has 0 amide bonds. The largest absolute Gasteiger partial charge is 0.404 e. The summed E-state index contributed by atoms with van der Waals surface area (Å²) in [4.78, 5) is 19.2. The van der Waals surface area contributed by atoms with Gasteiger partial charge in [0, 0.05) is 12.8 Å². The van der Waals surface area contributed by atoms with Gasteiger partial charge in [-0.25, -0.2) is 9.97 Å². The Labute approximate surface area is 99.6 Å². The molecule has 1 aromatic heterocycles. The molecule has 1 fully saturated rings. The SMILES string of the molecule is CC(=O)Oc1nc(C2CCNCC2)cnc1N. The number of carbonyl (C=O) groups excluding carboxylic acids is 1. The molecule has 2 heterocycles. The lowest BCUT2D eigenvalue weighted by atomic mass is 9.95. The van der Waals surface area contributed by atoms with Gasteiger partial charge in [-0.2, -0.15) is 0 Å². The van der Waals surface area contributed by atoms with Crippen LogP contribution in [0.3, 0.4) is 0 Å².